The minimum absolute atomic E-state index is 0.0168. The molecule has 1 heterocycles. The van der Waals surface area contributed by atoms with Crippen LogP contribution in [0, 0.1) is 5.82 Å². The van der Waals surface area contributed by atoms with E-state index in [0.29, 0.717) is 23.4 Å². The molecule has 0 radical (unpaired) electrons. The van der Waals surface area contributed by atoms with E-state index in [1.54, 1.807) is 24.5 Å². The van der Waals surface area contributed by atoms with Crippen molar-refractivity contribution in [3.8, 4) is 17.2 Å². The summed E-state index contributed by atoms with van der Waals surface area (Å²) in [4.78, 5) is 16.7. The molecule has 0 aliphatic rings. The summed E-state index contributed by atoms with van der Waals surface area (Å²) in [6.07, 6.45) is 3.59. The molecular weight excluding hydrogens is 375 g/mol. The Balaban J connectivity index is 1.76. The number of halogens is 1. The largest absolute Gasteiger partial charge is 0.493 e. The number of hydrogen-bond acceptors (Lipinski definition) is 5. The predicted molar refractivity (Wildman–Crippen MR) is 106 cm³/mol. The molecule has 0 atom stereocenters. The summed E-state index contributed by atoms with van der Waals surface area (Å²) in [6, 6.07) is 9.20. The number of rotatable bonds is 8. The quantitative estimate of drug-likeness (QED) is 0.608. The van der Waals surface area contributed by atoms with Crippen molar-refractivity contribution in [1.82, 2.24) is 14.9 Å². The molecular formula is C21H23FN4O3. The Labute approximate surface area is 168 Å². The lowest BCUT2D eigenvalue weighted by Gasteiger charge is -2.13. The van der Waals surface area contributed by atoms with Crippen molar-refractivity contribution in [1.29, 1.82) is 0 Å². The first-order chi connectivity index (χ1) is 14.0. The number of ether oxygens (including phenoxy) is 2. The van der Waals surface area contributed by atoms with Crippen LogP contribution >= 0.6 is 0 Å². The molecule has 0 saturated heterocycles. The summed E-state index contributed by atoms with van der Waals surface area (Å²) in [7, 11) is 1.47. The third-order valence-corrected chi connectivity index (χ3v) is 4.36. The van der Waals surface area contributed by atoms with Gasteiger partial charge in [0.2, 0.25) is 0 Å². The van der Waals surface area contributed by atoms with Crippen molar-refractivity contribution in [2.45, 2.75) is 26.6 Å². The lowest BCUT2D eigenvalue weighted by Crippen LogP contribution is -2.23. The number of hydrogen-bond donors (Lipinski definition) is 2. The maximum absolute atomic E-state index is 14.2. The van der Waals surface area contributed by atoms with Gasteiger partial charge in [-0.05, 0) is 42.8 Å². The molecule has 0 aliphatic heterocycles. The monoisotopic (exact) mass is 398 g/mol. The van der Waals surface area contributed by atoms with E-state index >= 15 is 0 Å². The number of imidazole rings is 1. The number of aryl methyl sites for hydroxylation is 1. The van der Waals surface area contributed by atoms with Crippen molar-refractivity contribution >= 4 is 5.91 Å². The first-order valence-electron chi connectivity index (χ1n) is 9.17. The van der Waals surface area contributed by atoms with Gasteiger partial charge in [-0.2, -0.15) is 0 Å². The number of nitrogens with two attached hydrogens (primary N) is 1. The van der Waals surface area contributed by atoms with Gasteiger partial charge in [0.25, 0.3) is 5.91 Å². The standard InChI is InChI=1S/C21H23FN4O3/c1-3-26-12-16(25-13-26)11-24-21(27)15-5-7-19(28-2)20(9-15)29-18-6-4-14(10-23)8-17(18)22/h4-9,12-13H,3,10-11,23H2,1-2H3,(H,24,27). The third-order valence-electron chi connectivity index (χ3n) is 4.36. The molecule has 3 N–H and O–H groups in total. The van der Waals surface area contributed by atoms with Gasteiger partial charge in [0, 0.05) is 24.8 Å². The third kappa shape index (κ3) is 4.91. The Morgan fingerprint density at radius 1 is 1.21 bits per heavy atom. The fourth-order valence-electron chi connectivity index (χ4n) is 2.71. The molecule has 0 unspecified atom stereocenters. The normalized spacial score (nSPS) is 10.6. The van der Waals surface area contributed by atoms with E-state index in [4.69, 9.17) is 15.2 Å². The fraction of sp³-hybridized carbons (Fsp3) is 0.238. The predicted octanol–water partition coefficient (Wildman–Crippen LogP) is 3.23. The van der Waals surface area contributed by atoms with Gasteiger partial charge in [0.05, 0.1) is 25.7 Å². The molecule has 0 spiro atoms. The van der Waals surface area contributed by atoms with Crippen LogP contribution in [-0.2, 0) is 19.6 Å². The van der Waals surface area contributed by atoms with Crippen molar-refractivity contribution in [2.75, 3.05) is 7.11 Å². The Kier molecular flexibility index (Phi) is 6.46. The van der Waals surface area contributed by atoms with Gasteiger partial charge < -0.3 is 25.1 Å². The molecule has 0 aliphatic carbocycles. The summed E-state index contributed by atoms with van der Waals surface area (Å²) in [5, 5.41) is 2.81. The molecule has 0 saturated carbocycles. The molecule has 7 nitrogen and oxygen atoms in total. The molecule has 1 aromatic heterocycles. The maximum atomic E-state index is 14.2. The zero-order chi connectivity index (χ0) is 20.8. The Morgan fingerprint density at radius 3 is 2.66 bits per heavy atom. The zero-order valence-corrected chi connectivity index (χ0v) is 16.3. The molecule has 2 aromatic carbocycles. The van der Waals surface area contributed by atoms with Crippen LogP contribution in [-0.4, -0.2) is 22.6 Å². The first kappa shape index (κ1) is 20.3. The highest BCUT2D eigenvalue weighted by Crippen LogP contribution is 2.33. The molecule has 152 valence electrons. The van der Waals surface area contributed by atoms with Gasteiger partial charge in [-0.1, -0.05) is 6.07 Å². The molecule has 3 rings (SSSR count). The van der Waals surface area contributed by atoms with Crippen molar-refractivity contribution in [2.24, 2.45) is 5.73 Å². The van der Waals surface area contributed by atoms with Gasteiger partial charge in [0.15, 0.2) is 23.1 Å². The molecule has 0 fully saturated rings. The second-order valence-electron chi connectivity index (χ2n) is 6.31. The summed E-state index contributed by atoms with van der Waals surface area (Å²) in [6.45, 7) is 3.34. The van der Waals surface area contributed by atoms with Gasteiger partial charge in [0.1, 0.15) is 0 Å². The van der Waals surface area contributed by atoms with Crippen LogP contribution in [0.2, 0.25) is 0 Å². The van der Waals surface area contributed by atoms with E-state index in [2.05, 4.69) is 10.3 Å². The van der Waals surface area contributed by atoms with Crippen LogP contribution in [0.1, 0.15) is 28.5 Å². The summed E-state index contributed by atoms with van der Waals surface area (Å²) < 4.78 is 27.1. The van der Waals surface area contributed by atoms with E-state index in [0.717, 1.165) is 12.2 Å². The van der Waals surface area contributed by atoms with Crippen LogP contribution in [0.3, 0.4) is 0 Å². The van der Waals surface area contributed by atoms with E-state index in [-0.39, 0.29) is 24.0 Å². The summed E-state index contributed by atoms with van der Waals surface area (Å²) in [5.74, 6) is -0.220. The Bertz CT molecular complexity index is 1000. The average Bonchev–Trinajstić information content (AvgIpc) is 3.21. The molecule has 29 heavy (non-hydrogen) atoms. The SMILES string of the molecule is CCn1cnc(CNC(=O)c2ccc(OC)c(Oc3ccc(CN)cc3F)c2)c1. The number of nitrogens with zero attached hydrogens (tertiary/aromatic N) is 2. The van der Waals surface area contributed by atoms with Crippen molar-refractivity contribution in [3.05, 3.63) is 71.6 Å². The molecule has 3 aromatic rings. The molecule has 8 heteroatoms. The zero-order valence-electron chi connectivity index (χ0n) is 16.3. The van der Waals surface area contributed by atoms with Gasteiger partial charge in [-0.25, -0.2) is 9.37 Å². The van der Waals surface area contributed by atoms with E-state index in [1.807, 2.05) is 17.7 Å². The number of nitrogens with one attached hydrogen (secondary N) is 1. The van der Waals surface area contributed by atoms with Crippen LogP contribution < -0.4 is 20.5 Å². The number of methoxy groups -OCH3 is 1. The summed E-state index contributed by atoms with van der Waals surface area (Å²) in [5.41, 5.74) is 7.29. The minimum Gasteiger partial charge on any atom is -0.493 e. The fourth-order valence-corrected chi connectivity index (χ4v) is 2.71. The Hall–Kier alpha value is -3.39. The number of carbonyl (C=O) groups excluding carboxylic acids is 1. The Morgan fingerprint density at radius 2 is 2.00 bits per heavy atom. The van der Waals surface area contributed by atoms with Gasteiger partial charge in [-0.15, -0.1) is 0 Å². The second kappa shape index (κ2) is 9.20. The highest BCUT2D eigenvalue weighted by atomic mass is 19.1. The van der Waals surface area contributed by atoms with Gasteiger partial charge >= 0.3 is 0 Å². The lowest BCUT2D eigenvalue weighted by molar-refractivity contribution is 0.0950. The topological polar surface area (TPSA) is 91.4 Å². The number of amides is 1. The smallest absolute Gasteiger partial charge is 0.251 e. The number of aromatic nitrogens is 2. The second-order valence-corrected chi connectivity index (χ2v) is 6.31. The first-order valence-corrected chi connectivity index (χ1v) is 9.17. The summed E-state index contributed by atoms with van der Waals surface area (Å²) >= 11 is 0. The number of benzene rings is 2. The van der Waals surface area contributed by atoms with Crippen LogP contribution in [0.4, 0.5) is 4.39 Å². The lowest BCUT2D eigenvalue weighted by atomic mass is 10.1. The molecule has 1 amide bonds. The maximum Gasteiger partial charge on any atom is 0.251 e. The highest BCUT2D eigenvalue weighted by molar-refractivity contribution is 5.94. The highest BCUT2D eigenvalue weighted by Gasteiger charge is 2.14. The van der Waals surface area contributed by atoms with E-state index < -0.39 is 5.82 Å². The van der Waals surface area contributed by atoms with Crippen molar-refractivity contribution < 1.29 is 18.7 Å². The van der Waals surface area contributed by atoms with Gasteiger partial charge in [-0.3, -0.25) is 4.79 Å². The minimum atomic E-state index is -0.545. The van der Waals surface area contributed by atoms with Crippen molar-refractivity contribution in [3.63, 3.8) is 0 Å². The average molecular weight is 398 g/mol. The van der Waals surface area contributed by atoms with E-state index in [9.17, 15) is 9.18 Å². The van der Waals surface area contributed by atoms with E-state index in [1.165, 1.54) is 25.3 Å². The van der Waals surface area contributed by atoms with Crippen LogP contribution in [0.25, 0.3) is 0 Å². The van der Waals surface area contributed by atoms with Crippen LogP contribution in [0.5, 0.6) is 17.2 Å². The molecule has 0 bridgehead atoms. The van der Waals surface area contributed by atoms with Crippen LogP contribution in [0.15, 0.2) is 48.9 Å². The number of carbonyl (C=O) groups is 1.